The largest absolute Gasteiger partial charge is 0.338 e. The third-order valence-electron chi connectivity index (χ3n) is 5.46. The summed E-state index contributed by atoms with van der Waals surface area (Å²) < 4.78 is 13.9. The molecule has 2 aliphatic rings. The van der Waals surface area contributed by atoms with Gasteiger partial charge >= 0.3 is 0 Å². The van der Waals surface area contributed by atoms with Crippen LogP contribution in [-0.2, 0) is 4.79 Å². The fourth-order valence-corrected chi connectivity index (χ4v) is 3.91. The third-order valence-corrected chi connectivity index (χ3v) is 5.71. The standard InChI is InChI=1S/C21H22ClFN4O2/c22-15-7-5-14(6-8-15)18-13-19(25-24-18)21(29)27-11-9-26(10-12-27)20(28)16-3-1-2-4-17(16)23/h1-8,18-19,24-25H,9-13H2. The van der Waals surface area contributed by atoms with Gasteiger partial charge in [-0.2, -0.15) is 0 Å². The van der Waals surface area contributed by atoms with Crippen LogP contribution in [-0.4, -0.2) is 53.8 Å². The second kappa shape index (κ2) is 8.49. The second-order valence-corrected chi connectivity index (χ2v) is 7.71. The Kier molecular flexibility index (Phi) is 5.80. The van der Waals surface area contributed by atoms with Crippen molar-refractivity contribution in [3.63, 3.8) is 0 Å². The van der Waals surface area contributed by atoms with Gasteiger partial charge in [-0.05, 0) is 36.2 Å². The fourth-order valence-electron chi connectivity index (χ4n) is 3.79. The average Bonchev–Trinajstić information content (AvgIpc) is 3.24. The summed E-state index contributed by atoms with van der Waals surface area (Å²) in [5.74, 6) is -0.851. The molecular formula is C21H22ClFN4O2. The van der Waals surface area contributed by atoms with Gasteiger partial charge in [0.25, 0.3) is 5.91 Å². The Morgan fingerprint density at radius 2 is 1.59 bits per heavy atom. The predicted octanol–water partition coefficient (Wildman–Crippen LogP) is 2.37. The fraction of sp³-hybridized carbons (Fsp3) is 0.333. The molecule has 2 unspecified atom stereocenters. The van der Waals surface area contributed by atoms with E-state index in [4.69, 9.17) is 11.6 Å². The molecule has 6 nitrogen and oxygen atoms in total. The Morgan fingerprint density at radius 1 is 0.931 bits per heavy atom. The molecule has 2 N–H and O–H groups in total. The summed E-state index contributed by atoms with van der Waals surface area (Å²) in [7, 11) is 0. The van der Waals surface area contributed by atoms with Crippen LogP contribution in [0.4, 0.5) is 4.39 Å². The minimum absolute atomic E-state index is 0.00644. The van der Waals surface area contributed by atoms with Gasteiger partial charge in [-0.1, -0.05) is 35.9 Å². The maximum absolute atomic E-state index is 13.9. The van der Waals surface area contributed by atoms with Crippen molar-refractivity contribution in [2.24, 2.45) is 0 Å². The topological polar surface area (TPSA) is 64.7 Å². The van der Waals surface area contributed by atoms with Crippen LogP contribution in [0.1, 0.15) is 28.4 Å². The predicted molar refractivity (Wildman–Crippen MR) is 108 cm³/mol. The molecule has 2 aliphatic heterocycles. The molecular weight excluding hydrogens is 395 g/mol. The van der Waals surface area contributed by atoms with Crippen molar-refractivity contribution < 1.29 is 14.0 Å². The zero-order valence-electron chi connectivity index (χ0n) is 15.8. The smallest absolute Gasteiger partial charge is 0.256 e. The summed E-state index contributed by atoms with van der Waals surface area (Å²) >= 11 is 5.94. The van der Waals surface area contributed by atoms with E-state index in [1.165, 1.54) is 12.1 Å². The van der Waals surface area contributed by atoms with Gasteiger partial charge in [-0.15, -0.1) is 0 Å². The molecule has 2 aromatic rings. The van der Waals surface area contributed by atoms with Gasteiger partial charge < -0.3 is 9.80 Å². The van der Waals surface area contributed by atoms with E-state index in [2.05, 4.69) is 10.9 Å². The van der Waals surface area contributed by atoms with Crippen LogP contribution in [0.25, 0.3) is 0 Å². The number of nitrogens with zero attached hydrogens (tertiary/aromatic N) is 2. The number of carbonyl (C=O) groups is 2. The molecule has 0 radical (unpaired) electrons. The molecule has 2 fully saturated rings. The van der Waals surface area contributed by atoms with Gasteiger partial charge in [0.2, 0.25) is 5.91 Å². The molecule has 2 amide bonds. The Bertz CT molecular complexity index is 900. The van der Waals surface area contributed by atoms with E-state index < -0.39 is 5.82 Å². The first-order valence-corrected chi connectivity index (χ1v) is 10.00. The van der Waals surface area contributed by atoms with Gasteiger partial charge in [0.05, 0.1) is 5.56 Å². The normalized spacial score (nSPS) is 22.0. The minimum Gasteiger partial charge on any atom is -0.338 e. The number of piperazine rings is 1. The molecule has 0 spiro atoms. The highest BCUT2D eigenvalue weighted by molar-refractivity contribution is 6.30. The van der Waals surface area contributed by atoms with Gasteiger partial charge in [0.1, 0.15) is 11.9 Å². The Balaban J connectivity index is 1.32. The minimum atomic E-state index is -0.523. The number of rotatable bonds is 3. The maximum atomic E-state index is 13.9. The van der Waals surface area contributed by atoms with Crippen molar-refractivity contribution in [2.75, 3.05) is 26.2 Å². The van der Waals surface area contributed by atoms with E-state index in [1.807, 2.05) is 24.3 Å². The van der Waals surface area contributed by atoms with Crippen molar-refractivity contribution >= 4 is 23.4 Å². The lowest BCUT2D eigenvalue weighted by Gasteiger charge is -2.36. The SMILES string of the molecule is O=C(c1ccccc1F)N1CCN(C(=O)C2CC(c3ccc(Cl)cc3)NN2)CC1. The quantitative estimate of drug-likeness (QED) is 0.806. The highest BCUT2D eigenvalue weighted by atomic mass is 35.5. The average molecular weight is 417 g/mol. The number of hydrazine groups is 1. The van der Waals surface area contributed by atoms with Crippen molar-refractivity contribution in [3.05, 3.63) is 70.5 Å². The van der Waals surface area contributed by atoms with E-state index >= 15 is 0 Å². The van der Waals surface area contributed by atoms with E-state index in [9.17, 15) is 14.0 Å². The number of halogens is 2. The summed E-state index contributed by atoms with van der Waals surface area (Å²) in [6, 6.07) is 13.2. The van der Waals surface area contributed by atoms with E-state index in [0.29, 0.717) is 37.6 Å². The van der Waals surface area contributed by atoms with E-state index in [0.717, 1.165) is 5.56 Å². The van der Waals surface area contributed by atoms with Gasteiger partial charge in [-0.3, -0.25) is 9.59 Å². The molecule has 2 heterocycles. The number of benzene rings is 2. The van der Waals surface area contributed by atoms with Gasteiger partial charge in [0, 0.05) is 37.2 Å². The van der Waals surface area contributed by atoms with Crippen LogP contribution >= 0.6 is 11.6 Å². The van der Waals surface area contributed by atoms with E-state index in [1.54, 1.807) is 21.9 Å². The van der Waals surface area contributed by atoms with Crippen LogP contribution in [0.2, 0.25) is 5.02 Å². The molecule has 0 aromatic heterocycles. The number of hydrogen-bond acceptors (Lipinski definition) is 4. The first kappa shape index (κ1) is 19.8. The van der Waals surface area contributed by atoms with Crippen molar-refractivity contribution in [3.8, 4) is 0 Å². The van der Waals surface area contributed by atoms with Crippen molar-refractivity contribution in [1.29, 1.82) is 0 Å². The third kappa shape index (κ3) is 4.27. The molecule has 8 heteroatoms. The number of nitrogens with one attached hydrogen (secondary N) is 2. The van der Waals surface area contributed by atoms with Crippen LogP contribution < -0.4 is 10.9 Å². The molecule has 29 heavy (non-hydrogen) atoms. The summed E-state index contributed by atoms with van der Waals surface area (Å²) in [4.78, 5) is 28.8. The molecule has 0 aliphatic carbocycles. The first-order chi connectivity index (χ1) is 14.0. The molecule has 0 bridgehead atoms. The molecule has 2 atom stereocenters. The summed E-state index contributed by atoms with van der Waals surface area (Å²) in [6.07, 6.45) is 0.634. The Labute approximate surface area is 173 Å². The highest BCUT2D eigenvalue weighted by Gasteiger charge is 2.34. The van der Waals surface area contributed by atoms with Crippen LogP contribution in [0.5, 0.6) is 0 Å². The molecule has 0 saturated carbocycles. The zero-order valence-corrected chi connectivity index (χ0v) is 16.5. The highest BCUT2D eigenvalue weighted by Crippen LogP contribution is 2.25. The van der Waals surface area contributed by atoms with Crippen LogP contribution in [0.3, 0.4) is 0 Å². The lowest BCUT2D eigenvalue weighted by atomic mass is 10.0. The Hall–Kier alpha value is -2.48. The molecule has 4 rings (SSSR count). The summed E-state index contributed by atoms with van der Waals surface area (Å²) in [5.41, 5.74) is 7.39. The zero-order chi connectivity index (χ0) is 20.4. The monoisotopic (exact) mass is 416 g/mol. The van der Waals surface area contributed by atoms with Crippen LogP contribution in [0.15, 0.2) is 48.5 Å². The number of hydrogen-bond donors (Lipinski definition) is 2. The van der Waals surface area contributed by atoms with Crippen LogP contribution in [0, 0.1) is 5.82 Å². The summed E-state index contributed by atoms with van der Waals surface area (Å²) in [6.45, 7) is 1.64. The molecule has 2 saturated heterocycles. The Morgan fingerprint density at radius 3 is 2.28 bits per heavy atom. The first-order valence-electron chi connectivity index (χ1n) is 9.62. The lowest BCUT2D eigenvalue weighted by molar-refractivity contribution is -0.134. The van der Waals surface area contributed by atoms with Gasteiger partial charge in [-0.25, -0.2) is 15.2 Å². The lowest BCUT2D eigenvalue weighted by Crippen LogP contribution is -2.54. The molecule has 2 aromatic carbocycles. The van der Waals surface area contributed by atoms with Crippen molar-refractivity contribution in [1.82, 2.24) is 20.7 Å². The summed E-state index contributed by atoms with van der Waals surface area (Å²) in [5, 5.41) is 0.676. The van der Waals surface area contributed by atoms with Crippen molar-refractivity contribution in [2.45, 2.75) is 18.5 Å². The van der Waals surface area contributed by atoms with E-state index in [-0.39, 0.29) is 29.5 Å². The maximum Gasteiger partial charge on any atom is 0.256 e. The second-order valence-electron chi connectivity index (χ2n) is 7.28. The number of amides is 2. The van der Waals surface area contributed by atoms with Gasteiger partial charge in [0.15, 0.2) is 0 Å². The number of carbonyl (C=O) groups excluding carboxylic acids is 2. The molecule has 152 valence electrons.